The van der Waals surface area contributed by atoms with Gasteiger partial charge < -0.3 is 8.97 Å². The lowest BCUT2D eigenvalue weighted by atomic mass is 9.92. The molecular weight excluding hydrogens is 216 g/mol. The van der Waals surface area contributed by atoms with E-state index in [0.29, 0.717) is 12.3 Å². The molecule has 2 rings (SSSR count). The Labute approximate surface area is 89.3 Å². The van der Waals surface area contributed by atoms with Gasteiger partial charge in [0.05, 0.1) is 6.20 Å². The van der Waals surface area contributed by atoms with Gasteiger partial charge in [-0.25, -0.2) is 9.71 Å². The van der Waals surface area contributed by atoms with Crippen molar-refractivity contribution in [1.29, 1.82) is 0 Å². The number of nitrogens with one attached hydrogen (secondary N) is 1. The molecule has 2 atom stereocenters. The van der Waals surface area contributed by atoms with Crippen LogP contribution in [0.15, 0.2) is 41.2 Å². The van der Waals surface area contributed by atoms with Crippen LogP contribution in [0, 0.1) is 0 Å². The van der Waals surface area contributed by atoms with Crippen molar-refractivity contribution in [3.8, 4) is 0 Å². The molecule has 0 spiro atoms. The maximum absolute atomic E-state index is 10.7. The van der Waals surface area contributed by atoms with E-state index in [0.717, 1.165) is 0 Å². The SMILES string of the molecule is O=S([O-])NC1(c2ncco2)C=CC=CC1. The number of hydrogen-bond acceptors (Lipinski definition) is 4. The molecule has 1 aliphatic rings. The van der Waals surface area contributed by atoms with Crippen LogP contribution in [0.3, 0.4) is 0 Å². The van der Waals surface area contributed by atoms with Crippen LogP contribution in [0.4, 0.5) is 0 Å². The number of hydrogen-bond donors (Lipinski definition) is 1. The topological polar surface area (TPSA) is 78.2 Å². The van der Waals surface area contributed by atoms with E-state index in [1.807, 2.05) is 12.2 Å². The maximum Gasteiger partial charge on any atom is 0.219 e. The van der Waals surface area contributed by atoms with Gasteiger partial charge in [-0.3, -0.25) is 4.21 Å². The van der Waals surface area contributed by atoms with Gasteiger partial charge in [-0.1, -0.05) is 24.3 Å². The number of rotatable bonds is 3. The molecule has 6 heteroatoms. The highest BCUT2D eigenvalue weighted by atomic mass is 32.2. The Hall–Kier alpha value is -1.24. The van der Waals surface area contributed by atoms with Crippen LogP contribution in [-0.4, -0.2) is 13.7 Å². The normalized spacial score (nSPS) is 26.7. The summed E-state index contributed by atoms with van der Waals surface area (Å²) in [6.07, 6.45) is 10.6. The molecule has 1 aromatic heterocycles. The highest BCUT2D eigenvalue weighted by Crippen LogP contribution is 2.28. The number of aromatic nitrogens is 1. The summed E-state index contributed by atoms with van der Waals surface area (Å²) < 4.78 is 29.0. The summed E-state index contributed by atoms with van der Waals surface area (Å²) in [7, 11) is 0. The van der Waals surface area contributed by atoms with Crippen LogP contribution in [-0.2, 0) is 16.8 Å². The van der Waals surface area contributed by atoms with Crippen molar-refractivity contribution in [2.24, 2.45) is 0 Å². The van der Waals surface area contributed by atoms with Crippen LogP contribution in [0.25, 0.3) is 0 Å². The third-order valence-electron chi connectivity index (χ3n) is 2.15. The summed E-state index contributed by atoms with van der Waals surface area (Å²) >= 11 is -2.37. The third kappa shape index (κ3) is 2.06. The van der Waals surface area contributed by atoms with Crippen molar-refractivity contribution >= 4 is 11.3 Å². The van der Waals surface area contributed by atoms with Gasteiger partial charge in [-0.15, -0.1) is 0 Å². The van der Waals surface area contributed by atoms with E-state index in [9.17, 15) is 8.76 Å². The quantitative estimate of drug-likeness (QED) is 0.771. The van der Waals surface area contributed by atoms with E-state index in [1.165, 1.54) is 12.5 Å². The van der Waals surface area contributed by atoms with Crippen LogP contribution >= 0.6 is 0 Å². The number of allylic oxidation sites excluding steroid dienone is 2. The molecule has 0 radical (unpaired) electrons. The van der Waals surface area contributed by atoms with E-state index in [1.54, 1.807) is 12.2 Å². The maximum atomic E-state index is 10.7. The summed E-state index contributed by atoms with van der Waals surface area (Å²) in [4.78, 5) is 3.98. The minimum Gasteiger partial charge on any atom is -0.760 e. The van der Waals surface area contributed by atoms with Gasteiger partial charge in [0.25, 0.3) is 0 Å². The lowest BCUT2D eigenvalue weighted by molar-refractivity contribution is 0.354. The van der Waals surface area contributed by atoms with Gasteiger partial charge in [0.2, 0.25) is 5.89 Å². The molecule has 0 aromatic carbocycles. The average Bonchev–Trinajstić information content (AvgIpc) is 2.71. The molecule has 0 saturated heterocycles. The fourth-order valence-corrected chi connectivity index (χ4v) is 2.03. The first-order chi connectivity index (χ1) is 7.23. The molecule has 0 saturated carbocycles. The Bertz CT molecular complexity index is 413. The molecule has 0 amide bonds. The Balaban J connectivity index is 2.35. The van der Waals surface area contributed by atoms with E-state index in [4.69, 9.17) is 4.42 Å². The van der Waals surface area contributed by atoms with Crippen molar-refractivity contribution in [3.05, 3.63) is 42.7 Å². The predicted octanol–water partition coefficient (Wildman–Crippen LogP) is 0.770. The lowest BCUT2D eigenvalue weighted by Gasteiger charge is -2.29. The molecule has 1 N–H and O–H groups in total. The second kappa shape index (κ2) is 4.09. The van der Waals surface area contributed by atoms with Crippen LogP contribution in [0.5, 0.6) is 0 Å². The number of nitrogens with zero attached hydrogens (tertiary/aromatic N) is 1. The van der Waals surface area contributed by atoms with Crippen molar-refractivity contribution < 1.29 is 13.2 Å². The second-order valence-corrected chi connectivity index (χ2v) is 3.81. The Kier molecular flexibility index (Phi) is 2.81. The minimum absolute atomic E-state index is 0.340. The molecule has 0 bridgehead atoms. The van der Waals surface area contributed by atoms with E-state index in [2.05, 4.69) is 9.71 Å². The summed E-state index contributed by atoms with van der Waals surface area (Å²) in [5.41, 5.74) is -0.884. The van der Waals surface area contributed by atoms with Gasteiger partial charge in [-0.05, 0) is 6.42 Å². The predicted molar refractivity (Wildman–Crippen MR) is 53.1 cm³/mol. The third-order valence-corrected chi connectivity index (χ3v) is 2.68. The van der Waals surface area contributed by atoms with Crippen LogP contribution < -0.4 is 4.72 Å². The molecule has 1 aromatic rings. The van der Waals surface area contributed by atoms with Crippen LogP contribution in [0.1, 0.15) is 12.3 Å². The Morgan fingerprint density at radius 3 is 3.00 bits per heavy atom. The molecule has 80 valence electrons. The van der Waals surface area contributed by atoms with Gasteiger partial charge in [-0.2, -0.15) is 0 Å². The lowest BCUT2D eigenvalue weighted by Crippen LogP contribution is -2.42. The molecule has 1 aliphatic carbocycles. The van der Waals surface area contributed by atoms with Crippen molar-refractivity contribution in [2.75, 3.05) is 0 Å². The highest BCUT2D eigenvalue weighted by molar-refractivity contribution is 7.77. The second-order valence-electron chi connectivity index (χ2n) is 3.14. The van der Waals surface area contributed by atoms with Crippen molar-refractivity contribution in [1.82, 2.24) is 9.71 Å². The average molecular weight is 225 g/mol. The molecule has 0 aliphatic heterocycles. The molecule has 5 nitrogen and oxygen atoms in total. The molecular formula is C9H9N2O3S-. The summed E-state index contributed by atoms with van der Waals surface area (Å²) in [6.45, 7) is 0. The fraction of sp³-hybridized carbons (Fsp3) is 0.222. The zero-order chi connectivity index (χ0) is 10.7. The monoisotopic (exact) mass is 225 g/mol. The first kappa shape index (κ1) is 10.3. The van der Waals surface area contributed by atoms with Gasteiger partial charge >= 0.3 is 0 Å². The first-order valence-corrected chi connectivity index (χ1v) is 5.42. The van der Waals surface area contributed by atoms with Gasteiger partial charge in [0.1, 0.15) is 11.8 Å². The Morgan fingerprint density at radius 1 is 1.60 bits per heavy atom. The van der Waals surface area contributed by atoms with Crippen molar-refractivity contribution in [2.45, 2.75) is 12.0 Å². The Morgan fingerprint density at radius 2 is 2.47 bits per heavy atom. The summed E-state index contributed by atoms with van der Waals surface area (Å²) in [6, 6.07) is 0. The fourth-order valence-electron chi connectivity index (χ4n) is 1.49. The molecule has 15 heavy (non-hydrogen) atoms. The van der Waals surface area contributed by atoms with E-state index < -0.39 is 16.8 Å². The standard InChI is InChI=1S/C9H10N2O3S/c12-15(13)11-9(4-2-1-3-5-9)8-10-6-7-14-8/h1-4,6-7,11H,5H2,(H,12,13)/p-1. The van der Waals surface area contributed by atoms with Crippen LogP contribution in [0.2, 0.25) is 0 Å². The molecule has 2 unspecified atom stereocenters. The summed E-state index contributed by atoms with van der Waals surface area (Å²) in [5, 5.41) is 0. The van der Waals surface area contributed by atoms with Gasteiger partial charge in [0.15, 0.2) is 0 Å². The minimum atomic E-state index is -2.37. The molecule has 1 heterocycles. The van der Waals surface area contributed by atoms with Crippen molar-refractivity contribution in [3.63, 3.8) is 0 Å². The molecule has 0 fully saturated rings. The highest BCUT2D eigenvalue weighted by Gasteiger charge is 2.33. The zero-order valence-corrected chi connectivity index (χ0v) is 8.57. The first-order valence-electron chi connectivity index (χ1n) is 4.34. The number of oxazole rings is 1. The largest absolute Gasteiger partial charge is 0.760 e. The summed E-state index contributed by atoms with van der Waals surface area (Å²) in [5.74, 6) is 0.340. The smallest absolute Gasteiger partial charge is 0.219 e. The van der Waals surface area contributed by atoms with E-state index >= 15 is 0 Å². The van der Waals surface area contributed by atoms with Gasteiger partial charge in [0, 0.05) is 11.3 Å². The van der Waals surface area contributed by atoms with E-state index in [-0.39, 0.29) is 0 Å². The zero-order valence-electron chi connectivity index (χ0n) is 7.75.